The number of hydrogen-bond acceptors (Lipinski definition) is 5. The molecule has 7 heteroatoms. The van der Waals surface area contributed by atoms with E-state index in [1.165, 1.54) is 0 Å². The van der Waals surface area contributed by atoms with Gasteiger partial charge in [0.15, 0.2) is 5.82 Å². The Balaban J connectivity index is 1.47. The molecule has 134 valence electrons. The van der Waals surface area contributed by atoms with Crippen LogP contribution in [0.2, 0.25) is 0 Å². The van der Waals surface area contributed by atoms with Gasteiger partial charge in [0.25, 0.3) is 5.91 Å². The van der Waals surface area contributed by atoms with Crippen LogP contribution in [0, 0.1) is 6.92 Å². The number of carbonyl (C=O) groups is 1. The Hall–Kier alpha value is -2.93. The fraction of sp³-hybridized carbons (Fsp3) is 0.316. The first-order valence-electron chi connectivity index (χ1n) is 8.62. The van der Waals surface area contributed by atoms with Gasteiger partial charge in [-0.15, -0.1) is 0 Å². The van der Waals surface area contributed by atoms with Gasteiger partial charge in [-0.05, 0) is 37.6 Å². The van der Waals surface area contributed by atoms with Gasteiger partial charge >= 0.3 is 0 Å². The molecule has 1 aromatic carbocycles. The molecular formula is C19H20N4O3. The summed E-state index contributed by atoms with van der Waals surface area (Å²) in [5.74, 6) is 0.714. The summed E-state index contributed by atoms with van der Waals surface area (Å²) in [6.07, 6.45) is 2.08. The molecule has 2 atom stereocenters. The summed E-state index contributed by atoms with van der Waals surface area (Å²) in [5.41, 5.74) is 2.53. The van der Waals surface area contributed by atoms with Gasteiger partial charge in [0.2, 0.25) is 0 Å². The van der Waals surface area contributed by atoms with Crippen molar-refractivity contribution in [2.24, 2.45) is 0 Å². The highest BCUT2D eigenvalue weighted by molar-refractivity contribution is 5.94. The van der Waals surface area contributed by atoms with Crippen molar-refractivity contribution in [2.45, 2.75) is 25.5 Å². The lowest BCUT2D eigenvalue weighted by molar-refractivity contribution is -0.0137. The molecule has 0 unspecified atom stereocenters. The summed E-state index contributed by atoms with van der Waals surface area (Å²) in [4.78, 5) is 24.2. The van der Waals surface area contributed by atoms with E-state index in [4.69, 9.17) is 9.47 Å². The summed E-state index contributed by atoms with van der Waals surface area (Å²) < 4.78 is 11.5. The maximum Gasteiger partial charge on any atom is 0.287 e. The molecule has 1 fully saturated rings. The molecule has 3 heterocycles. The van der Waals surface area contributed by atoms with Gasteiger partial charge in [0.05, 0.1) is 29.9 Å². The number of fused-ring (bicyclic) bond motifs is 1. The predicted molar refractivity (Wildman–Crippen MR) is 96.2 cm³/mol. The van der Waals surface area contributed by atoms with Gasteiger partial charge < -0.3 is 19.8 Å². The zero-order valence-electron chi connectivity index (χ0n) is 14.4. The van der Waals surface area contributed by atoms with Crippen LogP contribution in [0.25, 0.3) is 11.0 Å². The van der Waals surface area contributed by atoms with E-state index in [1.54, 1.807) is 6.20 Å². The number of rotatable bonds is 4. The summed E-state index contributed by atoms with van der Waals surface area (Å²) in [6, 6.07) is 11.2. The number of benzene rings is 1. The van der Waals surface area contributed by atoms with Gasteiger partial charge in [-0.25, -0.2) is 4.98 Å². The molecule has 1 aliphatic heterocycles. The molecule has 2 aromatic heterocycles. The van der Waals surface area contributed by atoms with Crippen LogP contribution in [-0.4, -0.2) is 46.2 Å². The third kappa shape index (κ3) is 3.52. The Bertz CT molecular complexity index is 874. The number of aromatic amines is 1. The number of aromatic nitrogens is 3. The number of aryl methyl sites for hydroxylation is 1. The maximum absolute atomic E-state index is 12.6. The molecule has 7 nitrogen and oxygen atoms in total. The molecule has 1 amide bonds. The second-order valence-electron chi connectivity index (χ2n) is 6.34. The quantitative estimate of drug-likeness (QED) is 0.752. The summed E-state index contributed by atoms with van der Waals surface area (Å²) >= 11 is 0. The van der Waals surface area contributed by atoms with E-state index in [1.807, 2.05) is 43.3 Å². The Morgan fingerprint density at radius 3 is 3.00 bits per heavy atom. The number of nitrogens with zero attached hydrogens (tertiary/aromatic N) is 2. The number of pyridine rings is 1. The van der Waals surface area contributed by atoms with Crippen LogP contribution in [0.5, 0.6) is 5.75 Å². The number of imidazole rings is 1. The lowest BCUT2D eigenvalue weighted by Gasteiger charge is -2.32. The molecule has 0 radical (unpaired) electrons. The number of nitrogens with one attached hydrogen (secondary N) is 2. The molecule has 0 aliphatic carbocycles. The first kappa shape index (κ1) is 16.5. The Kier molecular flexibility index (Phi) is 4.53. The zero-order valence-corrected chi connectivity index (χ0v) is 14.4. The lowest BCUT2D eigenvalue weighted by atomic mass is 10.1. The van der Waals surface area contributed by atoms with E-state index >= 15 is 0 Å². The van der Waals surface area contributed by atoms with Gasteiger partial charge in [-0.3, -0.25) is 9.78 Å². The van der Waals surface area contributed by atoms with Crippen LogP contribution in [0.15, 0.2) is 42.6 Å². The minimum absolute atomic E-state index is 0.161. The number of H-pyrrole nitrogens is 1. The van der Waals surface area contributed by atoms with Crippen LogP contribution >= 0.6 is 0 Å². The topological polar surface area (TPSA) is 89.1 Å². The molecular weight excluding hydrogens is 332 g/mol. The third-order valence-corrected chi connectivity index (χ3v) is 4.40. The highest BCUT2D eigenvalue weighted by atomic mass is 16.5. The van der Waals surface area contributed by atoms with Gasteiger partial charge in [-0.2, -0.15) is 0 Å². The number of para-hydroxylation sites is 2. The third-order valence-electron chi connectivity index (χ3n) is 4.40. The van der Waals surface area contributed by atoms with Crippen LogP contribution in [-0.2, 0) is 4.74 Å². The Labute approximate surface area is 150 Å². The minimum Gasteiger partial charge on any atom is -0.484 e. The second-order valence-corrected chi connectivity index (χ2v) is 6.34. The molecule has 0 saturated carbocycles. The molecule has 0 bridgehead atoms. The highest BCUT2D eigenvalue weighted by Crippen LogP contribution is 2.18. The maximum atomic E-state index is 12.6. The number of amides is 1. The summed E-state index contributed by atoms with van der Waals surface area (Å²) in [6.45, 7) is 2.92. The molecule has 1 aliphatic rings. The van der Waals surface area contributed by atoms with E-state index in [9.17, 15) is 4.79 Å². The van der Waals surface area contributed by atoms with Crippen molar-refractivity contribution in [1.82, 2.24) is 20.3 Å². The van der Waals surface area contributed by atoms with Crippen molar-refractivity contribution in [2.75, 3.05) is 13.2 Å². The number of hydrogen-bond donors (Lipinski definition) is 2. The van der Waals surface area contributed by atoms with Crippen LogP contribution in [0.1, 0.15) is 22.7 Å². The lowest BCUT2D eigenvalue weighted by Crippen LogP contribution is -2.51. The zero-order chi connectivity index (χ0) is 17.9. The minimum atomic E-state index is -0.276. The smallest absolute Gasteiger partial charge is 0.287 e. The molecule has 3 aromatic rings. The normalized spacial score (nSPS) is 20.0. The molecule has 4 rings (SSSR count). The fourth-order valence-electron chi connectivity index (χ4n) is 2.99. The SMILES string of the molecule is Cc1ccc(O[C@@H]2COCC[C@@H]2NC(=O)c2nc3ccccc3[nH]2)cn1. The van der Waals surface area contributed by atoms with Crippen LogP contribution in [0.3, 0.4) is 0 Å². The van der Waals surface area contributed by atoms with Crippen molar-refractivity contribution in [3.05, 3.63) is 54.1 Å². The van der Waals surface area contributed by atoms with Gasteiger partial charge in [-0.1, -0.05) is 12.1 Å². The van der Waals surface area contributed by atoms with Crippen molar-refractivity contribution >= 4 is 16.9 Å². The summed E-state index contributed by atoms with van der Waals surface area (Å²) in [5, 5.41) is 3.02. The first-order chi connectivity index (χ1) is 12.7. The van der Waals surface area contributed by atoms with E-state index in [0.29, 0.717) is 31.2 Å². The standard InChI is InChI=1S/C19H20N4O3/c1-12-6-7-13(10-20-12)26-17-11-25-9-8-16(17)23-19(24)18-21-14-4-2-3-5-15(14)22-18/h2-7,10,16-17H,8-9,11H2,1H3,(H,21,22)(H,23,24)/t16-,17+/m0/s1. The average Bonchev–Trinajstić information content (AvgIpc) is 3.09. The van der Waals surface area contributed by atoms with Gasteiger partial charge in [0, 0.05) is 12.3 Å². The van der Waals surface area contributed by atoms with Gasteiger partial charge in [0.1, 0.15) is 11.9 Å². The average molecular weight is 352 g/mol. The molecule has 26 heavy (non-hydrogen) atoms. The number of ether oxygens (including phenoxy) is 2. The van der Waals surface area contributed by atoms with E-state index in [-0.39, 0.29) is 18.1 Å². The fourth-order valence-corrected chi connectivity index (χ4v) is 2.99. The molecule has 1 saturated heterocycles. The molecule has 2 N–H and O–H groups in total. The Morgan fingerprint density at radius 1 is 1.31 bits per heavy atom. The van der Waals surface area contributed by atoms with Crippen molar-refractivity contribution in [3.63, 3.8) is 0 Å². The largest absolute Gasteiger partial charge is 0.484 e. The van der Waals surface area contributed by atoms with Crippen molar-refractivity contribution in [1.29, 1.82) is 0 Å². The number of carbonyl (C=O) groups excluding carboxylic acids is 1. The van der Waals surface area contributed by atoms with Crippen LogP contribution in [0.4, 0.5) is 0 Å². The van der Waals surface area contributed by atoms with Crippen molar-refractivity contribution < 1.29 is 14.3 Å². The highest BCUT2D eigenvalue weighted by Gasteiger charge is 2.30. The monoisotopic (exact) mass is 352 g/mol. The second kappa shape index (κ2) is 7.13. The Morgan fingerprint density at radius 2 is 2.19 bits per heavy atom. The predicted octanol–water partition coefficient (Wildman–Crippen LogP) is 2.23. The van der Waals surface area contributed by atoms with Crippen molar-refractivity contribution in [3.8, 4) is 5.75 Å². The van der Waals surface area contributed by atoms with E-state index < -0.39 is 0 Å². The van der Waals surface area contributed by atoms with E-state index in [2.05, 4.69) is 20.3 Å². The van der Waals surface area contributed by atoms with E-state index in [0.717, 1.165) is 16.7 Å². The molecule has 0 spiro atoms. The van der Waals surface area contributed by atoms with Crippen LogP contribution < -0.4 is 10.1 Å². The first-order valence-corrected chi connectivity index (χ1v) is 8.62. The summed E-state index contributed by atoms with van der Waals surface area (Å²) in [7, 11) is 0.